The maximum Gasteiger partial charge on any atom is 0.0555 e. The highest BCUT2D eigenvalue weighted by Crippen LogP contribution is 2.19. The molecule has 0 spiro atoms. The number of hydrogen-bond donors (Lipinski definition) is 2. The van der Waals surface area contributed by atoms with Gasteiger partial charge < -0.3 is 10.4 Å². The molecule has 2 aromatic rings. The highest BCUT2D eigenvalue weighted by atomic mass is 16.3. The van der Waals surface area contributed by atoms with Gasteiger partial charge in [-0.05, 0) is 48.8 Å². The molecule has 1 fully saturated rings. The summed E-state index contributed by atoms with van der Waals surface area (Å²) in [5.41, 5.74) is 1.29. The lowest BCUT2D eigenvalue weighted by atomic mass is 9.93. The third-order valence-corrected chi connectivity index (χ3v) is 3.95. The first-order valence-electron chi connectivity index (χ1n) is 7.05. The number of pyridine rings is 1. The predicted octanol–water partition coefficient (Wildman–Crippen LogP) is 2.63. The predicted molar refractivity (Wildman–Crippen MR) is 76.8 cm³/mol. The zero-order valence-electron chi connectivity index (χ0n) is 11.0. The van der Waals surface area contributed by atoms with Crippen molar-refractivity contribution in [3.63, 3.8) is 0 Å². The Labute approximate surface area is 113 Å². The topological polar surface area (TPSA) is 45.1 Å². The highest BCUT2D eigenvalue weighted by molar-refractivity contribution is 5.81. The number of nitrogens with zero attached hydrogens (tertiary/aromatic N) is 1. The minimum absolute atomic E-state index is 0.117. The maximum atomic E-state index is 9.67. The molecule has 0 radical (unpaired) electrons. The Morgan fingerprint density at radius 2 is 2.16 bits per heavy atom. The van der Waals surface area contributed by atoms with Gasteiger partial charge in [-0.2, -0.15) is 0 Å². The molecule has 3 rings (SSSR count). The number of aliphatic hydroxyl groups excluding tert-OH is 1. The highest BCUT2D eigenvalue weighted by Gasteiger charge is 2.19. The van der Waals surface area contributed by atoms with Gasteiger partial charge in [-0.1, -0.05) is 12.1 Å². The molecular weight excluding hydrogens is 236 g/mol. The molecule has 0 saturated heterocycles. The third kappa shape index (κ3) is 3.11. The summed E-state index contributed by atoms with van der Waals surface area (Å²) in [5.74, 6) is 0. The summed E-state index contributed by atoms with van der Waals surface area (Å²) >= 11 is 0. The van der Waals surface area contributed by atoms with Gasteiger partial charge in [0, 0.05) is 30.4 Å². The van der Waals surface area contributed by atoms with Crippen LogP contribution in [0.3, 0.4) is 0 Å². The van der Waals surface area contributed by atoms with E-state index in [1.165, 1.54) is 22.8 Å². The van der Waals surface area contributed by atoms with Crippen molar-refractivity contribution < 1.29 is 5.11 Å². The van der Waals surface area contributed by atoms with E-state index in [1.807, 2.05) is 18.5 Å². The molecular formula is C16H20N2O. The zero-order chi connectivity index (χ0) is 13.1. The Morgan fingerprint density at radius 3 is 3.05 bits per heavy atom. The minimum atomic E-state index is -0.117. The SMILES string of the molecule is OC1CCCC(NCc2ccc3cnccc3c2)C1. The molecule has 0 aliphatic heterocycles. The van der Waals surface area contributed by atoms with Crippen LogP contribution in [0.1, 0.15) is 31.2 Å². The van der Waals surface area contributed by atoms with Crippen LogP contribution in [-0.2, 0) is 6.54 Å². The van der Waals surface area contributed by atoms with Crippen molar-refractivity contribution in [1.29, 1.82) is 0 Å². The second-order valence-corrected chi connectivity index (χ2v) is 5.46. The van der Waals surface area contributed by atoms with E-state index >= 15 is 0 Å². The summed E-state index contributed by atoms with van der Waals surface area (Å²) in [4.78, 5) is 4.13. The van der Waals surface area contributed by atoms with Gasteiger partial charge in [-0.3, -0.25) is 4.98 Å². The van der Waals surface area contributed by atoms with Crippen LogP contribution in [0.25, 0.3) is 10.8 Å². The van der Waals surface area contributed by atoms with E-state index in [9.17, 15) is 5.11 Å². The number of aromatic nitrogens is 1. The Morgan fingerprint density at radius 1 is 1.21 bits per heavy atom. The lowest BCUT2D eigenvalue weighted by Crippen LogP contribution is -2.35. The maximum absolute atomic E-state index is 9.67. The quantitative estimate of drug-likeness (QED) is 0.887. The van der Waals surface area contributed by atoms with Gasteiger partial charge in [-0.25, -0.2) is 0 Å². The molecule has 19 heavy (non-hydrogen) atoms. The lowest BCUT2D eigenvalue weighted by molar-refractivity contribution is 0.111. The Bertz CT molecular complexity index is 555. The van der Waals surface area contributed by atoms with Crippen molar-refractivity contribution in [2.24, 2.45) is 0 Å². The fourth-order valence-electron chi connectivity index (χ4n) is 2.85. The van der Waals surface area contributed by atoms with E-state index in [0.717, 1.165) is 25.8 Å². The molecule has 0 bridgehead atoms. The fourth-order valence-corrected chi connectivity index (χ4v) is 2.85. The number of nitrogens with one attached hydrogen (secondary N) is 1. The van der Waals surface area contributed by atoms with E-state index in [1.54, 1.807) is 0 Å². The van der Waals surface area contributed by atoms with Gasteiger partial charge in [0.25, 0.3) is 0 Å². The van der Waals surface area contributed by atoms with Crippen molar-refractivity contribution in [2.45, 2.75) is 44.4 Å². The van der Waals surface area contributed by atoms with Crippen LogP contribution >= 0.6 is 0 Å². The molecule has 3 nitrogen and oxygen atoms in total. The zero-order valence-corrected chi connectivity index (χ0v) is 11.0. The largest absolute Gasteiger partial charge is 0.393 e. The Hall–Kier alpha value is -1.45. The minimum Gasteiger partial charge on any atom is -0.393 e. The van der Waals surface area contributed by atoms with E-state index in [4.69, 9.17) is 0 Å². The first-order valence-corrected chi connectivity index (χ1v) is 7.05. The second-order valence-electron chi connectivity index (χ2n) is 5.46. The number of benzene rings is 1. The van der Waals surface area contributed by atoms with Crippen molar-refractivity contribution in [3.05, 3.63) is 42.2 Å². The van der Waals surface area contributed by atoms with Gasteiger partial charge in [0.1, 0.15) is 0 Å². The van der Waals surface area contributed by atoms with Crippen LogP contribution < -0.4 is 5.32 Å². The molecule has 1 aliphatic carbocycles. The smallest absolute Gasteiger partial charge is 0.0555 e. The van der Waals surface area contributed by atoms with Crippen molar-refractivity contribution in [1.82, 2.24) is 10.3 Å². The van der Waals surface area contributed by atoms with Gasteiger partial charge in [-0.15, -0.1) is 0 Å². The van der Waals surface area contributed by atoms with E-state index in [-0.39, 0.29) is 6.10 Å². The van der Waals surface area contributed by atoms with E-state index < -0.39 is 0 Å². The van der Waals surface area contributed by atoms with Crippen LogP contribution in [0.4, 0.5) is 0 Å². The lowest BCUT2D eigenvalue weighted by Gasteiger charge is -2.26. The van der Waals surface area contributed by atoms with Gasteiger partial charge in [0.15, 0.2) is 0 Å². The second kappa shape index (κ2) is 5.68. The first kappa shape index (κ1) is 12.6. The normalized spacial score (nSPS) is 23.6. The molecule has 1 aromatic heterocycles. The van der Waals surface area contributed by atoms with Gasteiger partial charge in [0.2, 0.25) is 0 Å². The van der Waals surface area contributed by atoms with Crippen molar-refractivity contribution in [2.75, 3.05) is 0 Å². The van der Waals surface area contributed by atoms with Gasteiger partial charge >= 0.3 is 0 Å². The molecule has 2 unspecified atom stereocenters. The standard InChI is InChI=1S/C16H20N2O/c19-16-3-1-2-15(9-16)18-10-12-4-5-14-11-17-7-6-13(14)8-12/h4-8,11,15-16,18-19H,1-3,9-10H2. The van der Waals surface area contributed by atoms with Crippen molar-refractivity contribution >= 4 is 10.8 Å². The summed E-state index contributed by atoms with van der Waals surface area (Å²) < 4.78 is 0. The number of aliphatic hydroxyl groups is 1. The monoisotopic (exact) mass is 256 g/mol. The molecule has 100 valence electrons. The summed E-state index contributed by atoms with van der Waals surface area (Å²) in [7, 11) is 0. The summed E-state index contributed by atoms with van der Waals surface area (Å²) in [6, 6.07) is 8.98. The summed E-state index contributed by atoms with van der Waals surface area (Å²) in [6.45, 7) is 0.871. The Kier molecular flexibility index (Phi) is 3.76. The summed E-state index contributed by atoms with van der Waals surface area (Å²) in [5, 5.41) is 15.6. The first-order chi connectivity index (χ1) is 9.31. The molecule has 3 heteroatoms. The number of hydrogen-bond acceptors (Lipinski definition) is 3. The number of rotatable bonds is 3. The number of fused-ring (bicyclic) bond motifs is 1. The molecule has 2 atom stereocenters. The molecule has 0 amide bonds. The molecule has 1 saturated carbocycles. The fraction of sp³-hybridized carbons (Fsp3) is 0.438. The molecule has 1 aromatic carbocycles. The van der Waals surface area contributed by atoms with Crippen LogP contribution in [0.2, 0.25) is 0 Å². The van der Waals surface area contributed by atoms with Crippen LogP contribution in [0.15, 0.2) is 36.7 Å². The van der Waals surface area contributed by atoms with Crippen LogP contribution in [0, 0.1) is 0 Å². The Balaban J connectivity index is 1.64. The van der Waals surface area contributed by atoms with E-state index in [0.29, 0.717) is 6.04 Å². The molecule has 1 heterocycles. The van der Waals surface area contributed by atoms with E-state index in [2.05, 4.69) is 28.5 Å². The average Bonchev–Trinajstić information content (AvgIpc) is 2.45. The van der Waals surface area contributed by atoms with Crippen LogP contribution in [-0.4, -0.2) is 22.2 Å². The average molecular weight is 256 g/mol. The van der Waals surface area contributed by atoms with Crippen LogP contribution in [0.5, 0.6) is 0 Å². The molecule has 1 aliphatic rings. The molecule has 2 N–H and O–H groups in total. The van der Waals surface area contributed by atoms with Gasteiger partial charge in [0.05, 0.1) is 6.10 Å². The third-order valence-electron chi connectivity index (χ3n) is 3.95. The van der Waals surface area contributed by atoms with Crippen molar-refractivity contribution in [3.8, 4) is 0 Å². The summed E-state index contributed by atoms with van der Waals surface area (Å²) in [6.07, 6.45) is 7.75.